The number of rotatable bonds is 4. The maximum atomic E-state index is 12.6. The zero-order chi connectivity index (χ0) is 16.2. The lowest BCUT2D eigenvalue weighted by Crippen LogP contribution is -2.37. The maximum absolute atomic E-state index is 12.6. The summed E-state index contributed by atoms with van der Waals surface area (Å²) in [7, 11) is 3.31. The van der Waals surface area contributed by atoms with Crippen LogP contribution in [0.1, 0.15) is 30.4 Å². The third kappa shape index (κ3) is 3.77. The predicted molar refractivity (Wildman–Crippen MR) is 93.3 cm³/mol. The Bertz CT molecular complexity index is 570. The van der Waals surface area contributed by atoms with E-state index >= 15 is 0 Å². The largest absolute Gasteiger partial charge is 0.493 e. The molecule has 0 unspecified atom stereocenters. The summed E-state index contributed by atoms with van der Waals surface area (Å²) in [6.45, 7) is 1.50. The molecule has 0 spiro atoms. The second-order valence-electron chi connectivity index (χ2n) is 6.30. The van der Waals surface area contributed by atoms with E-state index in [4.69, 9.17) is 9.47 Å². The summed E-state index contributed by atoms with van der Waals surface area (Å²) in [6.07, 6.45) is 3.98. The van der Waals surface area contributed by atoms with Crippen LogP contribution in [0.4, 0.5) is 0 Å². The molecule has 0 N–H and O–H groups in total. The molecule has 1 fully saturated rings. The monoisotopic (exact) mass is 335 g/mol. The molecular weight excluding hydrogens is 310 g/mol. The normalized spacial score (nSPS) is 18.4. The van der Waals surface area contributed by atoms with Gasteiger partial charge in [-0.15, -0.1) is 0 Å². The van der Waals surface area contributed by atoms with E-state index in [9.17, 15) is 4.79 Å². The van der Waals surface area contributed by atoms with Crippen molar-refractivity contribution in [1.82, 2.24) is 4.90 Å². The van der Waals surface area contributed by atoms with Gasteiger partial charge in [0.15, 0.2) is 11.5 Å². The second-order valence-corrected chi connectivity index (χ2v) is 7.53. The molecule has 1 aromatic rings. The van der Waals surface area contributed by atoms with Crippen LogP contribution in [-0.2, 0) is 17.8 Å². The highest BCUT2D eigenvalue weighted by atomic mass is 32.2. The molecule has 0 aliphatic carbocycles. The molecule has 0 atom stereocenters. The SMILES string of the molecule is COc1cc2c(cc1OC)CN(C(=O)CC1CCSCC1)CC2. The highest BCUT2D eigenvalue weighted by molar-refractivity contribution is 7.99. The maximum Gasteiger partial charge on any atom is 0.223 e. The number of amides is 1. The Morgan fingerprint density at radius 1 is 1.17 bits per heavy atom. The fourth-order valence-corrected chi connectivity index (χ4v) is 4.63. The summed E-state index contributed by atoms with van der Waals surface area (Å²) < 4.78 is 10.8. The zero-order valence-corrected chi connectivity index (χ0v) is 14.8. The van der Waals surface area contributed by atoms with Gasteiger partial charge in [0.2, 0.25) is 5.91 Å². The van der Waals surface area contributed by atoms with Crippen LogP contribution in [0.25, 0.3) is 0 Å². The standard InChI is InChI=1S/C18H25NO3S/c1-21-16-10-14-3-6-19(12-15(14)11-17(16)22-2)18(20)9-13-4-7-23-8-5-13/h10-11,13H,3-9,12H2,1-2H3. The molecule has 0 radical (unpaired) electrons. The van der Waals surface area contributed by atoms with E-state index in [1.54, 1.807) is 14.2 Å². The second kappa shape index (κ2) is 7.47. The van der Waals surface area contributed by atoms with Crippen LogP contribution in [0.15, 0.2) is 12.1 Å². The number of carbonyl (C=O) groups is 1. The Kier molecular flexibility index (Phi) is 5.36. The van der Waals surface area contributed by atoms with Crippen molar-refractivity contribution in [3.8, 4) is 11.5 Å². The number of hydrogen-bond acceptors (Lipinski definition) is 4. The molecule has 0 bridgehead atoms. The van der Waals surface area contributed by atoms with Crippen molar-refractivity contribution in [3.05, 3.63) is 23.3 Å². The van der Waals surface area contributed by atoms with E-state index < -0.39 is 0 Å². The fraction of sp³-hybridized carbons (Fsp3) is 0.611. The van der Waals surface area contributed by atoms with Gasteiger partial charge in [-0.25, -0.2) is 0 Å². The Morgan fingerprint density at radius 2 is 1.83 bits per heavy atom. The first kappa shape index (κ1) is 16.5. The van der Waals surface area contributed by atoms with Gasteiger partial charge in [-0.2, -0.15) is 11.8 Å². The number of methoxy groups -OCH3 is 2. The van der Waals surface area contributed by atoms with Crippen LogP contribution >= 0.6 is 11.8 Å². The number of ether oxygens (including phenoxy) is 2. The van der Waals surface area contributed by atoms with E-state index in [2.05, 4.69) is 0 Å². The summed E-state index contributed by atoms with van der Waals surface area (Å²) >= 11 is 2.01. The summed E-state index contributed by atoms with van der Waals surface area (Å²) in [4.78, 5) is 14.6. The van der Waals surface area contributed by atoms with Crippen LogP contribution in [0.2, 0.25) is 0 Å². The molecule has 1 saturated heterocycles. The van der Waals surface area contributed by atoms with Crippen molar-refractivity contribution in [2.24, 2.45) is 5.92 Å². The van der Waals surface area contributed by atoms with Crippen molar-refractivity contribution in [3.63, 3.8) is 0 Å². The average Bonchev–Trinajstić information content (AvgIpc) is 2.60. The number of carbonyl (C=O) groups excluding carboxylic acids is 1. The third-order valence-electron chi connectivity index (χ3n) is 4.87. The molecule has 5 heteroatoms. The van der Waals surface area contributed by atoms with Crippen LogP contribution in [-0.4, -0.2) is 43.1 Å². The Morgan fingerprint density at radius 3 is 2.48 bits per heavy atom. The van der Waals surface area contributed by atoms with Crippen molar-refractivity contribution >= 4 is 17.7 Å². The van der Waals surface area contributed by atoms with Gasteiger partial charge in [0.05, 0.1) is 14.2 Å². The van der Waals surface area contributed by atoms with Crippen molar-refractivity contribution in [2.75, 3.05) is 32.3 Å². The van der Waals surface area contributed by atoms with Gasteiger partial charge in [0.1, 0.15) is 0 Å². The van der Waals surface area contributed by atoms with E-state index in [1.807, 2.05) is 28.8 Å². The predicted octanol–water partition coefficient (Wildman–Crippen LogP) is 3.12. The lowest BCUT2D eigenvalue weighted by molar-refractivity contribution is -0.133. The van der Waals surface area contributed by atoms with Gasteiger partial charge in [-0.05, 0) is 59.9 Å². The Labute approximate surface area is 142 Å². The minimum atomic E-state index is 0.308. The minimum Gasteiger partial charge on any atom is -0.493 e. The van der Waals surface area contributed by atoms with E-state index in [0.717, 1.165) is 24.5 Å². The molecule has 2 heterocycles. The number of thioether (sulfide) groups is 1. The highest BCUT2D eigenvalue weighted by Gasteiger charge is 2.25. The third-order valence-corrected chi connectivity index (χ3v) is 5.92. The zero-order valence-electron chi connectivity index (χ0n) is 14.0. The Balaban J connectivity index is 1.68. The first-order valence-corrected chi connectivity index (χ1v) is 9.46. The lowest BCUT2D eigenvalue weighted by Gasteiger charge is -2.31. The smallest absolute Gasteiger partial charge is 0.223 e. The van der Waals surface area contributed by atoms with Gasteiger partial charge in [-0.1, -0.05) is 0 Å². The molecule has 0 aromatic heterocycles. The summed E-state index contributed by atoms with van der Waals surface area (Å²) in [5.41, 5.74) is 2.45. The number of benzene rings is 1. The quantitative estimate of drug-likeness (QED) is 0.847. The van der Waals surface area contributed by atoms with E-state index in [-0.39, 0.29) is 0 Å². The fourth-order valence-electron chi connectivity index (χ4n) is 3.42. The van der Waals surface area contributed by atoms with Crippen molar-refractivity contribution in [2.45, 2.75) is 32.2 Å². The molecule has 2 aliphatic rings. The first-order chi connectivity index (χ1) is 11.2. The molecule has 23 heavy (non-hydrogen) atoms. The molecule has 2 aliphatic heterocycles. The number of fused-ring (bicyclic) bond motifs is 1. The summed E-state index contributed by atoms with van der Waals surface area (Å²) in [5.74, 6) is 4.81. The van der Waals surface area contributed by atoms with Crippen LogP contribution in [0, 0.1) is 5.92 Å². The van der Waals surface area contributed by atoms with E-state index in [0.29, 0.717) is 24.8 Å². The first-order valence-electron chi connectivity index (χ1n) is 8.30. The molecule has 3 rings (SSSR count). The minimum absolute atomic E-state index is 0.308. The topological polar surface area (TPSA) is 38.8 Å². The molecule has 126 valence electrons. The van der Waals surface area contributed by atoms with Crippen molar-refractivity contribution < 1.29 is 14.3 Å². The van der Waals surface area contributed by atoms with Gasteiger partial charge < -0.3 is 14.4 Å². The molecule has 4 nitrogen and oxygen atoms in total. The molecule has 1 aromatic carbocycles. The van der Waals surface area contributed by atoms with E-state index in [1.165, 1.54) is 35.5 Å². The van der Waals surface area contributed by atoms with Gasteiger partial charge in [0, 0.05) is 19.5 Å². The number of nitrogens with zero attached hydrogens (tertiary/aromatic N) is 1. The van der Waals surface area contributed by atoms with Crippen LogP contribution in [0.3, 0.4) is 0 Å². The van der Waals surface area contributed by atoms with Gasteiger partial charge in [0.25, 0.3) is 0 Å². The van der Waals surface area contributed by atoms with Crippen LogP contribution in [0.5, 0.6) is 11.5 Å². The van der Waals surface area contributed by atoms with Gasteiger partial charge in [-0.3, -0.25) is 4.79 Å². The summed E-state index contributed by atoms with van der Waals surface area (Å²) in [6, 6.07) is 4.07. The Hall–Kier alpha value is -1.36. The molecule has 0 saturated carbocycles. The van der Waals surface area contributed by atoms with Crippen molar-refractivity contribution in [1.29, 1.82) is 0 Å². The molecular formula is C18H25NO3S. The average molecular weight is 335 g/mol. The summed E-state index contributed by atoms with van der Waals surface area (Å²) in [5, 5.41) is 0. The lowest BCUT2D eigenvalue weighted by atomic mass is 9.95. The number of hydrogen-bond donors (Lipinski definition) is 0. The highest BCUT2D eigenvalue weighted by Crippen LogP contribution is 2.34. The van der Waals surface area contributed by atoms with Crippen LogP contribution < -0.4 is 9.47 Å². The molecule has 1 amide bonds. The van der Waals surface area contributed by atoms with Gasteiger partial charge >= 0.3 is 0 Å².